The first-order valence-corrected chi connectivity index (χ1v) is 11.5. The quantitative estimate of drug-likeness (QED) is 0.475. The summed E-state index contributed by atoms with van der Waals surface area (Å²) in [5.41, 5.74) is -1.10. The van der Waals surface area contributed by atoms with Gasteiger partial charge in [-0.25, -0.2) is 4.79 Å². The average Bonchev–Trinajstić information content (AvgIpc) is 2.97. The van der Waals surface area contributed by atoms with Crippen molar-refractivity contribution in [3.8, 4) is 11.5 Å². The Kier molecular flexibility index (Phi) is 6.42. The van der Waals surface area contributed by atoms with Crippen LogP contribution in [-0.4, -0.2) is 66.7 Å². The van der Waals surface area contributed by atoms with Gasteiger partial charge in [-0.15, -0.1) is 0 Å². The number of nitrogens with one attached hydrogen (secondary N) is 2. The maximum atomic E-state index is 13.1. The number of hydrogen-bond donors (Lipinski definition) is 2. The van der Waals surface area contributed by atoms with E-state index in [4.69, 9.17) is 14.2 Å². The molecule has 2 aliphatic heterocycles. The summed E-state index contributed by atoms with van der Waals surface area (Å²) >= 11 is 0. The van der Waals surface area contributed by atoms with Crippen LogP contribution in [0, 0.1) is 11.3 Å². The molecule has 2 fully saturated rings. The summed E-state index contributed by atoms with van der Waals surface area (Å²) in [6.07, 6.45) is 1.63. The number of imide groups is 1. The molecule has 10 heteroatoms. The number of esters is 1. The molecule has 4 amide bonds. The Morgan fingerprint density at radius 3 is 2.68 bits per heavy atom. The van der Waals surface area contributed by atoms with Crippen molar-refractivity contribution in [3.05, 3.63) is 24.3 Å². The fourth-order valence-electron chi connectivity index (χ4n) is 5.41. The van der Waals surface area contributed by atoms with E-state index in [2.05, 4.69) is 31.4 Å². The summed E-state index contributed by atoms with van der Waals surface area (Å²) in [7, 11) is 0. The summed E-state index contributed by atoms with van der Waals surface area (Å²) in [4.78, 5) is 50.9. The van der Waals surface area contributed by atoms with Gasteiger partial charge in [0.2, 0.25) is 0 Å². The zero-order valence-corrected chi connectivity index (χ0v) is 19.7. The number of amides is 4. The molecule has 3 unspecified atom stereocenters. The number of rotatable bonds is 6. The van der Waals surface area contributed by atoms with Crippen LogP contribution in [0.5, 0.6) is 11.5 Å². The van der Waals surface area contributed by atoms with E-state index in [0.717, 1.165) is 11.3 Å². The Morgan fingerprint density at radius 2 is 1.94 bits per heavy atom. The molecule has 1 spiro atoms. The normalized spacial score (nSPS) is 27.3. The van der Waals surface area contributed by atoms with Crippen molar-refractivity contribution < 1.29 is 33.4 Å². The third kappa shape index (κ3) is 5.10. The number of fused-ring (bicyclic) bond motifs is 1. The lowest BCUT2D eigenvalue weighted by Gasteiger charge is -2.43. The van der Waals surface area contributed by atoms with E-state index in [1.165, 1.54) is 0 Å². The van der Waals surface area contributed by atoms with E-state index < -0.39 is 42.5 Å². The highest BCUT2D eigenvalue weighted by Crippen LogP contribution is 2.46. The molecule has 4 rings (SSSR count). The van der Waals surface area contributed by atoms with Crippen LogP contribution < -0.4 is 20.1 Å². The fourth-order valence-corrected chi connectivity index (χ4v) is 5.41. The van der Waals surface area contributed by atoms with Crippen molar-refractivity contribution >= 4 is 23.8 Å². The minimum absolute atomic E-state index is 0.107. The van der Waals surface area contributed by atoms with Crippen LogP contribution in [0.25, 0.3) is 0 Å². The minimum atomic E-state index is -0.989. The van der Waals surface area contributed by atoms with Crippen molar-refractivity contribution in [1.29, 1.82) is 0 Å². The van der Waals surface area contributed by atoms with E-state index in [1.807, 2.05) is 12.1 Å². The average molecular weight is 474 g/mol. The molecule has 3 atom stereocenters. The predicted molar refractivity (Wildman–Crippen MR) is 120 cm³/mol. The molecule has 2 heterocycles. The molecule has 1 aromatic rings. The van der Waals surface area contributed by atoms with Gasteiger partial charge in [-0.05, 0) is 42.7 Å². The maximum Gasteiger partial charge on any atom is 0.326 e. The molecule has 2 N–H and O–H groups in total. The van der Waals surface area contributed by atoms with Crippen molar-refractivity contribution in [3.63, 3.8) is 0 Å². The summed E-state index contributed by atoms with van der Waals surface area (Å²) in [5.74, 6) is -0.254. The Bertz CT molecular complexity index is 995. The Morgan fingerprint density at radius 1 is 1.21 bits per heavy atom. The first-order valence-electron chi connectivity index (χ1n) is 11.5. The van der Waals surface area contributed by atoms with Gasteiger partial charge in [-0.2, -0.15) is 0 Å². The molecule has 1 aromatic carbocycles. The van der Waals surface area contributed by atoms with Crippen LogP contribution in [-0.2, 0) is 19.1 Å². The van der Waals surface area contributed by atoms with E-state index >= 15 is 0 Å². The highest BCUT2D eigenvalue weighted by molar-refractivity contribution is 6.08. The Balaban J connectivity index is 1.23. The van der Waals surface area contributed by atoms with Crippen LogP contribution in [0.4, 0.5) is 4.79 Å². The molecule has 184 valence electrons. The molecule has 34 heavy (non-hydrogen) atoms. The van der Waals surface area contributed by atoms with Gasteiger partial charge >= 0.3 is 12.0 Å². The monoisotopic (exact) mass is 473 g/mol. The van der Waals surface area contributed by atoms with E-state index in [-0.39, 0.29) is 30.6 Å². The molecular formula is C24H31N3O7. The van der Waals surface area contributed by atoms with Gasteiger partial charge in [-0.3, -0.25) is 19.3 Å². The third-order valence-electron chi connectivity index (χ3n) is 6.37. The number of ether oxygens (including phenoxy) is 3. The van der Waals surface area contributed by atoms with Crippen molar-refractivity contribution in [2.75, 3.05) is 26.3 Å². The van der Waals surface area contributed by atoms with Crippen molar-refractivity contribution in [2.24, 2.45) is 11.3 Å². The molecule has 1 saturated heterocycles. The van der Waals surface area contributed by atoms with Crippen molar-refractivity contribution in [2.45, 2.75) is 51.7 Å². The van der Waals surface area contributed by atoms with Gasteiger partial charge in [0.05, 0.1) is 6.54 Å². The second-order valence-corrected chi connectivity index (χ2v) is 10.2. The lowest BCUT2D eigenvalue weighted by molar-refractivity contribution is -0.151. The van der Waals surface area contributed by atoms with Crippen LogP contribution in [0.2, 0.25) is 0 Å². The number of nitrogens with zero attached hydrogens (tertiary/aromatic N) is 1. The highest BCUT2D eigenvalue weighted by atomic mass is 16.6. The maximum absolute atomic E-state index is 13.1. The fraction of sp³-hybridized carbons (Fsp3) is 0.583. The van der Waals surface area contributed by atoms with Gasteiger partial charge in [0.1, 0.15) is 24.8 Å². The Labute approximate surface area is 198 Å². The zero-order chi connectivity index (χ0) is 24.5. The van der Waals surface area contributed by atoms with Gasteiger partial charge < -0.3 is 24.8 Å². The van der Waals surface area contributed by atoms with E-state index in [9.17, 15) is 19.2 Å². The summed E-state index contributed by atoms with van der Waals surface area (Å²) in [6.45, 7) is 5.59. The first-order chi connectivity index (χ1) is 16.1. The van der Waals surface area contributed by atoms with E-state index in [0.29, 0.717) is 24.3 Å². The van der Waals surface area contributed by atoms with Crippen LogP contribution in [0.3, 0.4) is 0 Å². The number of urea groups is 1. The van der Waals surface area contributed by atoms with Gasteiger partial charge in [0.15, 0.2) is 18.1 Å². The number of para-hydroxylation sites is 2. The second-order valence-electron chi connectivity index (χ2n) is 10.2. The molecule has 0 radical (unpaired) electrons. The highest BCUT2D eigenvalue weighted by Gasteiger charge is 2.56. The lowest BCUT2D eigenvalue weighted by atomic mass is 9.64. The van der Waals surface area contributed by atoms with E-state index in [1.54, 1.807) is 12.1 Å². The largest absolute Gasteiger partial charge is 0.486 e. The second kappa shape index (κ2) is 9.15. The molecule has 0 bridgehead atoms. The minimum Gasteiger partial charge on any atom is -0.486 e. The number of carbonyl (C=O) groups is 4. The number of carbonyl (C=O) groups excluding carboxylic acids is 4. The van der Waals surface area contributed by atoms with Gasteiger partial charge in [-0.1, -0.05) is 32.9 Å². The van der Waals surface area contributed by atoms with Crippen molar-refractivity contribution in [1.82, 2.24) is 15.5 Å². The summed E-state index contributed by atoms with van der Waals surface area (Å²) < 4.78 is 16.4. The summed E-state index contributed by atoms with van der Waals surface area (Å²) in [6, 6.07) is 6.64. The number of hydrogen-bond acceptors (Lipinski definition) is 7. The van der Waals surface area contributed by atoms with Gasteiger partial charge in [0, 0.05) is 0 Å². The molecule has 10 nitrogen and oxygen atoms in total. The lowest BCUT2D eigenvalue weighted by Crippen LogP contribution is -2.54. The van der Waals surface area contributed by atoms with Crippen LogP contribution >= 0.6 is 0 Å². The molecule has 0 aromatic heterocycles. The molecule has 1 saturated carbocycles. The van der Waals surface area contributed by atoms with Crippen LogP contribution in [0.1, 0.15) is 40.0 Å². The SMILES string of the molecule is CC1CC(C)(C)CC2(C1)NC(=O)N(CC(=O)OCC(=O)NCC1COc3ccccc3O1)C2=O. The first kappa shape index (κ1) is 23.8. The third-order valence-corrected chi connectivity index (χ3v) is 6.37. The predicted octanol–water partition coefficient (Wildman–Crippen LogP) is 1.62. The smallest absolute Gasteiger partial charge is 0.326 e. The molecular weight excluding hydrogens is 442 g/mol. The zero-order valence-electron chi connectivity index (χ0n) is 19.7. The van der Waals surface area contributed by atoms with Crippen LogP contribution in [0.15, 0.2) is 24.3 Å². The number of benzene rings is 1. The molecule has 1 aliphatic carbocycles. The topological polar surface area (TPSA) is 123 Å². The summed E-state index contributed by atoms with van der Waals surface area (Å²) in [5, 5.41) is 5.44. The molecule has 3 aliphatic rings. The Hall–Kier alpha value is -3.30. The standard InChI is InChI=1S/C24H31N3O7/c1-15-8-23(2,3)14-24(9-15)21(30)27(22(31)26-24)11-20(29)33-13-19(28)25-10-16-12-32-17-6-4-5-7-18(17)34-16/h4-7,15-16H,8-14H2,1-3H3,(H,25,28)(H,26,31). The van der Waals surface area contributed by atoms with Gasteiger partial charge in [0.25, 0.3) is 11.8 Å².